The average Bonchev–Trinajstić information content (AvgIpc) is 3.30. The van der Waals surface area contributed by atoms with Crippen LogP contribution < -0.4 is 9.80 Å². The van der Waals surface area contributed by atoms with Crippen molar-refractivity contribution in [1.82, 2.24) is 9.97 Å². The molecule has 11 heteroatoms. The first-order valence-corrected chi connectivity index (χ1v) is 11.7. The van der Waals surface area contributed by atoms with Crippen LogP contribution in [0.3, 0.4) is 0 Å². The number of thiazole rings is 1. The molecule has 3 heterocycles. The van der Waals surface area contributed by atoms with Gasteiger partial charge in [-0.3, -0.25) is 24.8 Å². The van der Waals surface area contributed by atoms with E-state index in [9.17, 15) is 19.3 Å². The van der Waals surface area contributed by atoms with E-state index in [1.165, 1.54) is 34.4 Å². The molecule has 0 atom stereocenters. The van der Waals surface area contributed by atoms with E-state index in [0.29, 0.717) is 53.0 Å². The SMILES string of the molecule is O=C(c1ccc(N2CCOCC2)c([N+](=O)[O-])c1)N(Cc1ccccn1)c1nc2ccc(F)cc2s1. The lowest BCUT2D eigenvalue weighted by molar-refractivity contribution is -0.384. The summed E-state index contributed by atoms with van der Waals surface area (Å²) in [4.78, 5) is 37.2. The predicted molar refractivity (Wildman–Crippen MR) is 130 cm³/mol. The van der Waals surface area contributed by atoms with Crippen LogP contribution in [0.15, 0.2) is 60.8 Å². The molecule has 4 aromatic rings. The van der Waals surface area contributed by atoms with Crippen LogP contribution in [0, 0.1) is 15.9 Å². The number of carbonyl (C=O) groups excluding carboxylic acids is 1. The Morgan fingerprint density at radius 3 is 2.74 bits per heavy atom. The van der Waals surface area contributed by atoms with Crippen molar-refractivity contribution in [1.29, 1.82) is 0 Å². The first kappa shape index (κ1) is 22.8. The van der Waals surface area contributed by atoms with Crippen molar-refractivity contribution in [3.8, 4) is 0 Å². The van der Waals surface area contributed by atoms with Crippen molar-refractivity contribution >= 4 is 44.0 Å². The third kappa shape index (κ3) is 4.81. The summed E-state index contributed by atoms with van der Waals surface area (Å²) in [6, 6.07) is 14.1. The van der Waals surface area contributed by atoms with Crippen LogP contribution in [0.1, 0.15) is 16.1 Å². The lowest BCUT2D eigenvalue weighted by Gasteiger charge is -2.28. The van der Waals surface area contributed by atoms with Crippen LogP contribution in [0.5, 0.6) is 0 Å². The molecule has 0 spiro atoms. The summed E-state index contributed by atoms with van der Waals surface area (Å²) < 4.78 is 19.7. The van der Waals surface area contributed by atoms with Gasteiger partial charge in [-0.25, -0.2) is 9.37 Å². The standard InChI is InChI=1S/C24H20FN5O4S/c25-17-5-6-19-22(14-17)35-24(27-19)29(15-18-3-1-2-8-26-18)23(31)16-4-7-20(21(13-16)30(32)33)28-9-11-34-12-10-28/h1-8,13-14H,9-12,15H2. The van der Waals surface area contributed by atoms with E-state index in [4.69, 9.17) is 4.74 Å². The van der Waals surface area contributed by atoms with Crippen molar-refractivity contribution in [3.63, 3.8) is 0 Å². The molecule has 0 bridgehead atoms. The molecule has 0 radical (unpaired) electrons. The van der Waals surface area contributed by atoms with E-state index in [1.54, 1.807) is 42.6 Å². The summed E-state index contributed by atoms with van der Waals surface area (Å²) in [6.45, 7) is 2.12. The van der Waals surface area contributed by atoms with E-state index >= 15 is 0 Å². The molecular formula is C24H20FN5O4S. The molecule has 9 nitrogen and oxygen atoms in total. The van der Waals surface area contributed by atoms with Gasteiger partial charge in [-0.2, -0.15) is 0 Å². The highest BCUT2D eigenvalue weighted by molar-refractivity contribution is 7.22. The Morgan fingerprint density at radius 1 is 1.17 bits per heavy atom. The van der Waals surface area contributed by atoms with Gasteiger partial charge in [-0.1, -0.05) is 17.4 Å². The Bertz CT molecular complexity index is 1390. The normalized spacial score (nSPS) is 13.7. The minimum Gasteiger partial charge on any atom is -0.378 e. The molecule has 178 valence electrons. The molecule has 1 aliphatic rings. The molecular weight excluding hydrogens is 473 g/mol. The van der Waals surface area contributed by atoms with Crippen molar-refractivity contribution in [3.05, 3.63) is 88.0 Å². The Labute approximate surface area is 203 Å². The second kappa shape index (κ2) is 9.72. The van der Waals surface area contributed by atoms with Gasteiger partial charge in [0, 0.05) is 30.9 Å². The fourth-order valence-electron chi connectivity index (χ4n) is 3.91. The Hall–Kier alpha value is -3.96. The summed E-state index contributed by atoms with van der Waals surface area (Å²) in [6.07, 6.45) is 1.62. The zero-order valence-corrected chi connectivity index (χ0v) is 19.3. The highest BCUT2D eigenvalue weighted by Gasteiger charge is 2.27. The molecule has 0 unspecified atom stereocenters. The number of nitro groups is 1. The third-order valence-corrected chi connectivity index (χ3v) is 6.67. The number of morpholine rings is 1. The number of rotatable bonds is 6. The Kier molecular flexibility index (Phi) is 6.34. The van der Waals surface area contributed by atoms with Crippen LogP contribution in [0.2, 0.25) is 0 Å². The maximum atomic E-state index is 13.7. The summed E-state index contributed by atoms with van der Waals surface area (Å²) in [5.41, 5.74) is 1.61. The summed E-state index contributed by atoms with van der Waals surface area (Å²) >= 11 is 1.17. The first-order chi connectivity index (χ1) is 17.0. The number of hydrogen-bond acceptors (Lipinski definition) is 8. The van der Waals surface area contributed by atoms with Crippen LogP contribution in [0.4, 0.5) is 20.9 Å². The Balaban J connectivity index is 1.54. The molecule has 0 saturated carbocycles. The quantitative estimate of drug-likeness (QED) is 0.289. The van der Waals surface area contributed by atoms with E-state index in [-0.39, 0.29) is 17.8 Å². The van der Waals surface area contributed by atoms with Gasteiger partial charge in [0.2, 0.25) is 0 Å². The number of ether oxygens (including phenoxy) is 1. The summed E-state index contributed by atoms with van der Waals surface area (Å²) in [7, 11) is 0. The number of nitro benzene ring substituents is 1. The molecule has 5 rings (SSSR count). The lowest BCUT2D eigenvalue weighted by Crippen LogP contribution is -2.36. The average molecular weight is 494 g/mol. The van der Waals surface area contributed by atoms with E-state index in [1.807, 2.05) is 4.90 Å². The van der Waals surface area contributed by atoms with Crippen LogP contribution in [-0.4, -0.2) is 47.1 Å². The van der Waals surface area contributed by atoms with Gasteiger partial charge < -0.3 is 9.64 Å². The molecule has 2 aromatic carbocycles. The number of benzene rings is 2. The largest absolute Gasteiger partial charge is 0.378 e. The summed E-state index contributed by atoms with van der Waals surface area (Å²) in [5, 5.41) is 12.2. The summed E-state index contributed by atoms with van der Waals surface area (Å²) in [5.74, 6) is -0.864. The number of pyridine rings is 1. The lowest BCUT2D eigenvalue weighted by atomic mass is 10.1. The van der Waals surface area contributed by atoms with Crippen molar-refractivity contribution in [2.24, 2.45) is 0 Å². The monoisotopic (exact) mass is 493 g/mol. The molecule has 1 fully saturated rings. The van der Waals surface area contributed by atoms with E-state index in [2.05, 4.69) is 9.97 Å². The maximum absolute atomic E-state index is 13.7. The van der Waals surface area contributed by atoms with Crippen LogP contribution in [-0.2, 0) is 11.3 Å². The molecule has 1 aliphatic heterocycles. The van der Waals surface area contributed by atoms with Gasteiger partial charge in [0.1, 0.15) is 11.5 Å². The van der Waals surface area contributed by atoms with E-state index < -0.39 is 16.6 Å². The van der Waals surface area contributed by atoms with Gasteiger partial charge in [-0.05, 0) is 42.5 Å². The topological polar surface area (TPSA) is 102 Å². The minimum atomic E-state index is -0.481. The molecule has 1 amide bonds. The fourth-order valence-corrected chi connectivity index (χ4v) is 4.90. The molecule has 35 heavy (non-hydrogen) atoms. The Morgan fingerprint density at radius 2 is 2.00 bits per heavy atom. The third-order valence-electron chi connectivity index (χ3n) is 5.63. The van der Waals surface area contributed by atoms with Crippen molar-refractivity contribution in [2.75, 3.05) is 36.1 Å². The van der Waals surface area contributed by atoms with Crippen LogP contribution >= 0.6 is 11.3 Å². The van der Waals surface area contributed by atoms with Gasteiger partial charge in [0.15, 0.2) is 5.13 Å². The molecule has 1 saturated heterocycles. The number of amides is 1. The zero-order valence-electron chi connectivity index (χ0n) is 18.5. The second-order valence-corrected chi connectivity index (χ2v) is 8.89. The number of nitrogens with zero attached hydrogens (tertiary/aromatic N) is 5. The number of aromatic nitrogens is 2. The van der Waals surface area contributed by atoms with Gasteiger partial charge in [-0.15, -0.1) is 0 Å². The van der Waals surface area contributed by atoms with Gasteiger partial charge in [0.25, 0.3) is 11.6 Å². The maximum Gasteiger partial charge on any atom is 0.293 e. The van der Waals surface area contributed by atoms with E-state index in [0.717, 1.165) is 0 Å². The smallest absolute Gasteiger partial charge is 0.293 e. The molecule has 0 N–H and O–H groups in total. The van der Waals surface area contributed by atoms with Crippen molar-refractivity contribution in [2.45, 2.75) is 6.54 Å². The van der Waals surface area contributed by atoms with Gasteiger partial charge >= 0.3 is 0 Å². The van der Waals surface area contributed by atoms with Crippen LogP contribution in [0.25, 0.3) is 10.2 Å². The number of fused-ring (bicyclic) bond motifs is 1. The number of hydrogen-bond donors (Lipinski definition) is 0. The highest BCUT2D eigenvalue weighted by atomic mass is 32.1. The highest BCUT2D eigenvalue weighted by Crippen LogP contribution is 2.34. The number of anilines is 2. The molecule has 0 aliphatic carbocycles. The van der Waals surface area contributed by atoms with Gasteiger partial charge in [0.05, 0.1) is 40.6 Å². The number of halogens is 1. The minimum absolute atomic E-state index is 0.0982. The van der Waals surface area contributed by atoms with Crippen molar-refractivity contribution < 1.29 is 18.8 Å². The molecule has 2 aromatic heterocycles. The first-order valence-electron chi connectivity index (χ1n) is 10.9. The zero-order chi connectivity index (χ0) is 24.4. The predicted octanol–water partition coefficient (Wildman–Crippen LogP) is 4.42. The number of carbonyl (C=O) groups is 1. The second-order valence-electron chi connectivity index (χ2n) is 7.88. The fraction of sp³-hybridized carbons (Fsp3) is 0.208.